The van der Waals surface area contributed by atoms with Crippen molar-refractivity contribution in [1.29, 1.82) is 0 Å². The molecule has 3 aromatic rings. The Kier molecular flexibility index (Phi) is 5.21. The van der Waals surface area contributed by atoms with Crippen molar-refractivity contribution in [3.8, 4) is 5.75 Å². The molecule has 0 aliphatic carbocycles. The maximum atomic E-state index is 12.3. The molecule has 0 spiro atoms. The first-order valence-corrected chi connectivity index (χ1v) is 8.26. The second kappa shape index (κ2) is 7.73. The summed E-state index contributed by atoms with van der Waals surface area (Å²) in [6.07, 6.45) is 1.66. The highest BCUT2D eigenvalue weighted by Gasteiger charge is 2.11. The number of pyridine rings is 1. The van der Waals surface area contributed by atoms with Crippen molar-refractivity contribution in [3.05, 3.63) is 59.5 Å². The third-order valence-electron chi connectivity index (χ3n) is 3.69. The number of aryl methyl sites for hydroxylation is 1. The Morgan fingerprint density at radius 1 is 1.23 bits per heavy atom. The number of carbonyl (C=O) groups is 1. The number of carbonyl (C=O) groups excluding carboxylic acids is 1. The SMILES string of the molecule is Cc1ccnc(NC(=O)c2ccc(OCc3nnnn3C(C)C)cc2)c1. The Labute approximate surface area is 151 Å². The van der Waals surface area contributed by atoms with Crippen LogP contribution in [0, 0.1) is 6.92 Å². The van der Waals surface area contributed by atoms with Gasteiger partial charge in [0.15, 0.2) is 5.82 Å². The molecule has 1 aromatic carbocycles. The Morgan fingerprint density at radius 3 is 2.69 bits per heavy atom. The first kappa shape index (κ1) is 17.5. The van der Waals surface area contributed by atoms with Gasteiger partial charge >= 0.3 is 0 Å². The van der Waals surface area contributed by atoms with Crippen molar-refractivity contribution in [3.63, 3.8) is 0 Å². The van der Waals surface area contributed by atoms with Crippen LogP contribution in [0.5, 0.6) is 5.75 Å². The summed E-state index contributed by atoms with van der Waals surface area (Å²) in [4.78, 5) is 16.4. The zero-order chi connectivity index (χ0) is 18.5. The minimum absolute atomic E-state index is 0.157. The summed E-state index contributed by atoms with van der Waals surface area (Å²) in [5.41, 5.74) is 1.55. The van der Waals surface area contributed by atoms with E-state index in [0.29, 0.717) is 23.0 Å². The highest BCUT2D eigenvalue weighted by molar-refractivity contribution is 6.03. The molecule has 1 amide bonds. The van der Waals surface area contributed by atoms with Gasteiger partial charge in [-0.2, -0.15) is 0 Å². The van der Waals surface area contributed by atoms with Gasteiger partial charge in [0.25, 0.3) is 5.91 Å². The maximum Gasteiger partial charge on any atom is 0.256 e. The van der Waals surface area contributed by atoms with E-state index in [4.69, 9.17) is 4.74 Å². The minimum atomic E-state index is -0.224. The van der Waals surface area contributed by atoms with Crippen molar-refractivity contribution >= 4 is 11.7 Å². The van der Waals surface area contributed by atoms with Crippen molar-refractivity contribution in [1.82, 2.24) is 25.2 Å². The van der Waals surface area contributed by atoms with E-state index in [2.05, 4.69) is 25.8 Å². The van der Waals surface area contributed by atoms with Gasteiger partial charge in [-0.3, -0.25) is 4.79 Å². The molecule has 8 heteroatoms. The average molecular weight is 352 g/mol. The number of hydrogen-bond acceptors (Lipinski definition) is 6. The zero-order valence-corrected chi connectivity index (χ0v) is 14.9. The maximum absolute atomic E-state index is 12.3. The first-order chi connectivity index (χ1) is 12.5. The molecule has 3 rings (SSSR count). The Balaban J connectivity index is 1.61. The van der Waals surface area contributed by atoms with E-state index in [-0.39, 0.29) is 18.6 Å². The molecule has 0 unspecified atom stereocenters. The molecule has 0 bridgehead atoms. The molecule has 0 fully saturated rings. The summed E-state index contributed by atoms with van der Waals surface area (Å²) >= 11 is 0. The summed E-state index contributed by atoms with van der Waals surface area (Å²) in [6.45, 7) is 6.19. The summed E-state index contributed by atoms with van der Waals surface area (Å²) < 4.78 is 7.41. The van der Waals surface area contributed by atoms with E-state index in [1.54, 1.807) is 35.1 Å². The van der Waals surface area contributed by atoms with E-state index in [1.807, 2.05) is 32.9 Å². The summed E-state index contributed by atoms with van der Waals surface area (Å²) in [7, 11) is 0. The van der Waals surface area contributed by atoms with Crippen molar-refractivity contribution in [2.75, 3.05) is 5.32 Å². The van der Waals surface area contributed by atoms with E-state index >= 15 is 0 Å². The molecule has 0 saturated carbocycles. The van der Waals surface area contributed by atoms with Gasteiger partial charge < -0.3 is 10.1 Å². The molecule has 2 heterocycles. The van der Waals surface area contributed by atoms with E-state index in [0.717, 1.165) is 5.56 Å². The highest BCUT2D eigenvalue weighted by Crippen LogP contribution is 2.16. The molecule has 0 radical (unpaired) electrons. The molecule has 26 heavy (non-hydrogen) atoms. The standard InChI is InChI=1S/C18H20N6O2/c1-12(2)24-17(21-22-23-24)11-26-15-6-4-14(5-7-15)18(25)20-16-10-13(3)8-9-19-16/h4-10,12H,11H2,1-3H3,(H,19,20,25). The first-order valence-electron chi connectivity index (χ1n) is 8.26. The Morgan fingerprint density at radius 2 is 2.00 bits per heavy atom. The lowest BCUT2D eigenvalue weighted by Gasteiger charge is -2.10. The zero-order valence-electron chi connectivity index (χ0n) is 14.9. The fraction of sp³-hybridized carbons (Fsp3) is 0.278. The average Bonchev–Trinajstić information content (AvgIpc) is 3.09. The summed E-state index contributed by atoms with van der Waals surface area (Å²) in [5.74, 6) is 1.58. The molecule has 0 saturated heterocycles. The lowest BCUT2D eigenvalue weighted by Crippen LogP contribution is -2.13. The molecule has 0 aliphatic rings. The van der Waals surface area contributed by atoms with Crippen molar-refractivity contribution in [2.24, 2.45) is 0 Å². The predicted octanol–water partition coefficient (Wildman–Crippen LogP) is 2.79. The third kappa shape index (κ3) is 4.21. The second-order valence-electron chi connectivity index (χ2n) is 6.12. The van der Waals surface area contributed by atoms with E-state index < -0.39 is 0 Å². The van der Waals surface area contributed by atoms with E-state index in [1.165, 1.54) is 0 Å². The van der Waals surface area contributed by atoms with Crippen LogP contribution in [0.4, 0.5) is 5.82 Å². The quantitative estimate of drug-likeness (QED) is 0.733. The van der Waals surface area contributed by atoms with Gasteiger partial charge in [-0.05, 0) is 73.2 Å². The minimum Gasteiger partial charge on any atom is -0.486 e. The normalized spacial score (nSPS) is 10.8. The molecule has 134 valence electrons. The number of benzene rings is 1. The molecule has 8 nitrogen and oxygen atoms in total. The van der Waals surface area contributed by atoms with Crippen LogP contribution in [0.2, 0.25) is 0 Å². The number of ether oxygens (including phenoxy) is 1. The highest BCUT2D eigenvalue weighted by atomic mass is 16.5. The fourth-order valence-electron chi connectivity index (χ4n) is 2.35. The number of aromatic nitrogens is 5. The van der Waals surface area contributed by atoms with Gasteiger partial charge in [0, 0.05) is 11.8 Å². The van der Waals surface area contributed by atoms with Gasteiger partial charge in [-0.15, -0.1) is 5.10 Å². The topological polar surface area (TPSA) is 94.8 Å². The van der Waals surface area contributed by atoms with Crippen LogP contribution < -0.4 is 10.1 Å². The van der Waals surface area contributed by atoms with Crippen LogP contribution in [0.25, 0.3) is 0 Å². The lowest BCUT2D eigenvalue weighted by molar-refractivity contribution is 0.102. The molecule has 0 atom stereocenters. The van der Waals surface area contributed by atoms with E-state index in [9.17, 15) is 4.79 Å². The smallest absolute Gasteiger partial charge is 0.256 e. The molecular formula is C18H20N6O2. The number of hydrogen-bond donors (Lipinski definition) is 1. The van der Waals surface area contributed by atoms with Gasteiger partial charge in [-0.25, -0.2) is 9.67 Å². The Bertz CT molecular complexity index is 889. The monoisotopic (exact) mass is 352 g/mol. The summed E-state index contributed by atoms with van der Waals surface area (Å²) in [5, 5.41) is 14.3. The van der Waals surface area contributed by atoms with Crippen LogP contribution in [0.15, 0.2) is 42.6 Å². The number of rotatable bonds is 6. The van der Waals surface area contributed by atoms with Crippen LogP contribution in [-0.4, -0.2) is 31.1 Å². The van der Waals surface area contributed by atoms with Crippen LogP contribution >= 0.6 is 0 Å². The Hall–Kier alpha value is -3.29. The third-order valence-corrected chi connectivity index (χ3v) is 3.69. The van der Waals surface area contributed by atoms with Gasteiger partial charge in [0.2, 0.25) is 0 Å². The molecule has 0 aliphatic heterocycles. The number of amides is 1. The number of anilines is 1. The molecular weight excluding hydrogens is 332 g/mol. The van der Waals surface area contributed by atoms with Crippen LogP contribution in [-0.2, 0) is 6.61 Å². The predicted molar refractivity (Wildman–Crippen MR) is 95.9 cm³/mol. The second-order valence-corrected chi connectivity index (χ2v) is 6.12. The number of tetrazole rings is 1. The van der Waals surface area contributed by atoms with Crippen molar-refractivity contribution < 1.29 is 9.53 Å². The van der Waals surface area contributed by atoms with Crippen LogP contribution in [0.3, 0.4) is 0 Å². The molecule has 2 aromatic heterocycles. The molecule has 1 N–H and O–H groups in total. The van der Waals surface area contributed by atoms with Gasteiger partial charge in [0.1, 0.15) is 18.2 Å². The fourth-order valence-corrected chi connectivity index (χ4v) is 2.35. The summed E-state index contributed by atoms with van der Waals surface area (Å²) in [6, 6.07) is 10.7. The largest absolute Gasteiger partial charge is 0.486 e. The lowest BCUT2D eigenvalue weighted by atomic mass is 10.2. The van der Waals surface area contributed by atoms with Crippen LogP contribution in [0.1, 0.15) is 41.6 Å². The van der Waals surface area contributed by atoms with Gasteiger partial charge in [-0.1, -0.05) is 0 Å². The number of nitrogens with zero attached hydrogens (tertiary/aromatic N) is 5. The van der Waals surface area contributed by atoms with Gasteiger partial charge in [0.05, 0.1) is 6.04 Å². The number of nitrogens with one attached hydrogen (secondary N) is 1. The van der Waals surface area contributed by atoms with Crippen molar-refractivity contribution in [2.45, 2.75) is 33.4 Å².